The van der Waals surface area contributed by atoms with Crippen molar-refractivity contribution in [3.05, 3.63) is 28.8 Å². The highest BCUT2D eigenvalue weighted by atomic mass is 79.9. The van der Waals surface area contributed by atoms with Gasteiger partial charge in [0.1, 0.15) is 0 Å². The van der Waals surface area contributed by atoms with Gasteiger partial charge in [-0.25, -0.2) is 0 Å². The molecule has 1 N–H and O–H groups in total. The van der Waals surface area contributed by atoms with Crippen LogP contribution in [0.3, 0.4) is 0 Å². The van der Waals surface area contributed by atoms with Gasteiger partial charge < -0.3 is 10.1 Å². The van der Waals surface area contributed by atoms with Crippen LogP contribution in [0.2, 0.25) is 5.02 Å². The normalized spacial score (nSPS) is 33.7. The molecule has 6 heteroatoms. The molecular formula is C21H25BrClNO3. The van der Waals surface area contributed by atoms with Crippen LogP contribution in [0.4, 0.5) is 5.69 Å². The summed E-state index contributed by atoms with van der Waals surface area (Å²) in [5.41, 5.74) is 1.61. The lowest BCUT2D eigenvalue weighted by atomic mass is 9.49. The standard InChI is InChI=1S/C21H25BrClNO3/c1-13-2-3-17(16(23)4-13)24-18(25)11-27-19(26)10-20-6-14-5-15(7-20)9-21(22,8-14)12-20/h2-4,14-15H,5-12H2,1H3,(H,24,25)/t14-,15-,20?,21?/m0/s1. The maximum Gasteiger partial charge on any atom is 0.306 e. The lowest BCUT2D eigenvalue weighted by Gasteiger charge is -2.60. The van der Waals surface area contributed by atoms with Crippen molar-refractivity contribution >= 4 is 45.1 Å². The van der Waals surface area contributed by atoms with Gasteiger partial charge in [0.25, 0.3) is 5.91 Å². The summed E-state index contributed by atoms with van der Waals surface area (Å²) >= 11 is 10.1. The number of alkyl halides is 1. The molecule has 146 valence electrons. The fraction of sp³-hybridized carbons (Fsp3) is 0.619. The Morgan fingerprint density at radius 3 is 2.59 bits per heavy atom. The van der Waals surface area contributed by atoms with Crippen LogP contribution >= 0.6 is 27.5 Å². The van der Waals surface area contributed by atoms with Gasteiger partial charge in [0.15, 0.2) is 6.61 Å². The van der Waals surface area contributed by atoms with E-state index in [2.05, 4.69) is 21.2 Å². The van der Waals surface area contributed by atoms with Crippen LogP contribution in [0.15, 0.2) is 18.2 Å². The van der Waals surface area contributed by atoms with E-state index in [1.807, 2.05) is 13.0 Å². The lowest BCUT2D eigenvalue weighted by Crippen LogP contribution is -2.53. The lowest BCUT2D eigenvalue weighted by molar-refractivity contribution is -0.153. The summed E-state index contributed by atoms with van der Waals surface area (Å²) in [5.74, 6) is 0.825. The summed E-state index contributed by atoms with van der Waals surface area (Å²) in [4.78, 5) is 24.6. The van der Waals surface area contributed by atoms with E-state index in [4.69, 9.17) is 16.3 Å². The van der Waals surface area contributed by atoms with Crippen molar-refractivity contribution in [2.24, 2.45) is 17.3 Å². The molecule has 0 saturated heterocycles. The number of amides is 1. The fourth-order valence-corrected chi connectivity index (χ4v) is 7.75. The maximum atomic E-state index is 12.5. The monoisotopic (exact) mass is 453 g/mol. The molecule has 0 aromatic heterocycles. The van der Waals surface area contributed by atoms with Crippen LogP contribution in [0.1, 0.15) is 50.5 Å². The zero-order valence-electron chi connectivity index (χ0n) is 15.5. The van der Waals surface area contributed by atoms with E-state index in [0.29, 0.717) is 17.1 Å². The molecule has 4 aliphatic rings. The molecular weight excluding hydrogens is 430 g/mol. The minimum absolute atomic E-state index is 0.0570. The molecule has 0 aliphatic heterocycles. The molecule has 4 bridgehead atoms. The minimum Gasteiger partial charge on any atom is -0.456 e. The molecule has 1 aromatic carbocycles. The first-order valence-electron chi connectivity index (χ1n) is 9.65. The van der Waals surface area contributed by atoms with E-state index in [1.54, 1.807) is 12.1 Å². The summed E-state index contributed by atoms with van der Waals surface area (Å²) in [6.07, 6.45) is 7.50. The molecule has 1 aromatic rings. The van der Waals surface area contributed by atoms with Gasteiger partial charge in [-0.1, -0.05) is 33.6 Å². The zero-order chi connectivity index (χ0) is 19.2. The predicted molar refractivity (Wildman–Crippen MR) is 109 cm³/mol. The molecule has 4 fully saturated rings. The van der Waals surface area contributed by atoms with Crippen LogP contribution in [-0.4, -0.2) is 22.8 Å². The first-order valence-corrected chi connectivity index (χ1v) is 10.8. The summed E-state index contributed by atoms with van der Waals surface area (Å²) in [6.45, 7) is 1.66. The van der Waals surface area contributed by atoms with Gasteiger partial charge in [0, 0.05) is 4.32 Å². The third kappa shape index (κ3) is 4.19. The third-order valence-corrected chi connectivity index (χ3v) is 7.63. The molecule has 2 atom stereocenters. The number of halogens is 2. The van der Waals surface area contributed by atoms with Crippen molar-refractivity contribution in [2.45, 2.75) is 56.2 Å². The van der Waals surface area contributed by atoms with Crippen LogP contribution < -0.4 is 5.32 Å². The van der Waals surface area contributed by atoms with E-state index in [0.717, 1.165) is 36.7 Å². The van der Waals surface area contributed by atoms with Crippen molar-refractivity contribution in [1.29, 1.82) is 0 Å². The summed E-state index contributed by atoms with van der Waals surface area (Å²) < 4.78 is 5.52. The topological polar surface area (TPSA) is 55.4 Å². The summed E-state index contributed by atoms with van der Waals surface area (Å²) in [7, 11) is 0. The smallest absolute Gasteiger partial charge is 0.306 e. The Kier molecular flexibility index (Phi) is 5.04. The van der Waals surface area contributed by atoms with Crippen LogP contribution in [0.5, 0.6) is 0 Å². The molecule has 4 aliphatic carbocycles. The Hall–Kier alpha value is -1.07. The number of rotatable bonds is 5. The number of esters is 1. The number of carbonyl (C=O) groups excluding carboxylic acids is 2. The SMILES string of the molecule is Cc1ccc(NC(=O)COC(=O)CC23C[C@@H]4C[C@H](CC(Br)(C4)C2)C3)c(Cl)c1. The minimum atomic E-state index is -0.364. The largest absolute Gasteiger partial charge is 0.456 e. The maximum absolute atomic E-state index is 12.5. The van der Waals surface area contributed by atoms with Gasteiger partial charge in [-0.2, -0.15) is 0 Å². The van der Waals surface area contributed by atoms with Crippen molar-refractivity contribution in [3.63, 3.8) is 0 Å². The number of carbonyl (C=O) groups is 2. The molecule has 27 heavy (non-hydrogen) atoms. The zero-order valence-corrected chi connectivity index (χ0v) is 17.9. The number of hydrogen-bond acceptors (Lipinski definition) is 3. The predicted octanol–water partition coefficient (Wildman–Crippen LogP) is 5.25. The van der Waals surface area contributed by atoms with E-state index in [9.17, 15) is 9.59 Å². The second-order valence-corrected chi connectivity index (χ2v) is 11.1. The van der Waals surface area contributed by atoms with Gasteiger partial charge in [-0.05, 0) is 80.4 Å². The Morgan fingerprint density at radius 2 is 1.96 bits per heavy atom. The molecule has 1 amide bonds. The van der Waals surface area contributed by atoms with Gasteiger partial charge in [-0.15, -0.1) is 0 Å². The van der Waals surface area contributed by atoms with Crippen molar-refractivity contribution in [3.8, 4) is 0 Å². The Labute approximate surface area is 173 Å². The van der Waals surface area contributed by atoms with Crippen molar-refractivity contribution in [2.75, 3.05) is 11.9 Å². The number of benzene rings is 1. The first-order chi connectivity index (χ1) is 12.7. The number of anilines is 1. The average molecular weight is 455 g/mol. The van der Waals surface area contributed by atoms with Gasteiger partial charge in [-0.3, -0.25) is 9.59 Å². The average Bonchev–Trinajstić information content (AvgIpc) is 2.53. The Balaban J connectivity index is 1.30. The van der Waals surface area contributed by atoms with E-state index >= 15 is 0 Å². The van der Waals surface area contributed by atoms with E-state index in [1.165, 1.54) is 19.3 Å². The van der Waals surface area contributed by atoms with Crippen LogP contribution in [0.25, 0.3) is 0 Å². The number of aryl methyl sites for hydroxylation is 1. The highest BCUT2D eigenvalue weighted by Gasteiger charge is 2.57. The number of hydrogen-bond donors (Lipinski definition) is 1. The number of nitrogens with one attached hydrogen (secondary N) is 1. The highest BCUT2D eigenvalue weighted by molar-refractivity contribution is 9.10. The molecule has 4 nitrogen and oxygen atoms in total. The Bertz CT molecular complexity index is 767. The number of ether oxygens (including phenoxy) is 1. The quantitative estimate of drug-likeness (QED) is 0.488. The molecule has 0 radical (unpaired) electrons. The van der Waals surface area contributed by atoms with E-state index < -0.39 is 0 Å². The van der Waals surface area contributed by atoms with Crippen molar-refractivity contribution < 1.29 is 14.3 Å². The molecule has 5 rings (SSSR count). The molecule has 0 heterocycles. The second-order valence-electron chi connectivity index (χ2n) is 8.98. The van der Waals surface area contributed by atoms with E-state index in [-0.39, 0.29) is 28.2 Å². The summed E-state index contributed by atoms with van der Waals surface area (Å²) in [6, 6.07) is 5.41. The fourth-order valence-electron chi connectivity index (χ4n) is 5.95. The molecule has 4 saturated carbocycles. The van der Waals surface area contributed by atoms with Crippen LogP contribution in [0, 0.1) is 24.2 Å². The third-order valence-electron chi connectivity index (χ3n) is 6.39. The summed E-state index contributed by atoms with van der Waals surface area (Å²) in [5, 5.41) is 3.18. The highest BCUT2D eigenvalue weighted by Crippen LogP contribution is 2.65. The Morgan fingerprint density at radius 1 is 1.26 bits per heavy atom. The molecule has 0 spiro atoms. The van der Waals surface area contributed by atoms with Crippen molar-refractivity contribution in [1.82, 2.24) is 0 Å². The molecule has 0 unspecified atom stereocenters. The van der Waals surface area contributed by atoms with Gasteiger partial charge in [0.2, 0.25) is 0 Å². The second kappa shape index (κ2) is 7.07. The first kappa shape index (κ1) is 19.3. The van der Waals surface area contributed by atoms with Gasteiger partial charge >= 0.3 is 5.97 Å². The van der Waals surface area contributed by atoms with Gasteiger partial charge in [0.05, 0.1) is 17.1 Å². The van der Waals surface area contributed by atoms with Crippen LogP contribution in [-0.2, 0) is 14.3 Å².